The molecule has 21 heavy (non-hydrogen) atoms. The number of rotatable bonds is 2. The van der Waals surface area contributed by atoms with Crippen LogP contribution in [-0.2, 0) is 6.42 Å². The molecule has 1 aliphatic carbocycles. The van der Waals surface area contributed by atoms with E-state index < -0.39 is 0 Å². The topological polar surface area (TPSA) is 12.0 Å². The first-order chi connectivity index (χ1) is 9.88. The highest BCUT2D eigenvalue weighted by atomic mass is 79.9. The van der Waals surface area contributed by atoms with E-state index in [9.17, 15) is 4.39 Å². The molecule has 0 aromatic heterocycles. The van der Waals surface area contributed by atoms with Crippen LogP contribution in [0.4, 0.5) is 10.1 Å². The fourth-order valence-corrected chi connectivity index (χ4v) is 3.68. The van der Waals surface area contributed by atoms with E-state index in [-0.39, 0.29) is 17.3 Å². The molecular weight excluding hydrogens is 329 g/mol. The van der Waals surface area contributed by atoms with Crippen molar-refractivity contribution in [3.05, 3.63) is 63.4 Å². The monoisotopic (exact) mass is 347 g/mol. The van der Waals surface area contributed by atoms with Gasteiger partial charge in [0.2, 0.25) is 0 Å². The molecule has 3 rings (SSSR count). The SMILES string of the molecule is Cc1cc(Br)c(F)cc1NC1c2ccccc2CC1(C)C. The maximum absolute atomic E-state index is 13.8. The van der Waals surface area contributed by atoms with Gasteiger partial charge >= 0.3 is 0 Å². The number of anilines is 1. The molecule has 0 aliphatic heterocycles. The van der Waals surface area contributed by atoms with Gasteiger partial charge in [-0.2, -0.15) is 0 Å². The Balaban J connectivity index is 1.99. The lowest BCUT2D eigenvalue weighted by molar-refractivity contribution is 0.337. The smallest absolute Gasteiger partial charge is 0.139 e. The van der Waals surface area contributed by atoms with Gasteiger partial charge in [-0.05, 0) is 63.5 Å². The van der Waals surface area contributed by atoms with Gasteiger partial charge in [0.15, 0.2) is 0 Å². The largest absolute Gasteiger partial charge is 0.377 e. The van der Waals surface area contributed by atoms with Crippen LogP contribution < -0.4 is 5.32 Å². The van der Waals surface area contributed by atoms with Gasteiger partial charge < -0.3 is 5.32 Å². The van der Waals surface area contributed by atoms with Crippen LogP contribution in [0.15, 0.2) is 40.9 Å². The van der Waals surface area contributed by atoms with E-state index in [0.29, 0.717) is 4.47 Å². The molecule has 1 N–H and O–H groups in total. The van der Waals surface area contributed by atoms with Gasteiger partial charge in [0.05, 0.1) is 10.5 Å². The molecule has 1 atom stereocenters. The van der Waals surface area contributed by atoms with Crippen LogP contribution in [0.1, 0.15) is 36.6 Å². The highest BCUT2D eigenvalue weighted by Gasteiger charge is 2.38. The summed E-state index contributed by atoms with van der Waals surface area (Å²) in [7, 11) is 0. The molecule has 0 radical (unpaired) electrons. The lowest BCUT2D eigenvalue weighted by Crippen LogP contribution is -2.24. The maximum Gasteiger partial charge on any atom is 0.139 e. The molecule has 3 heteroatoms. The van der Waals surface area contributed by atoms with Crippen molar-refractivity contribution < 1.29 is 4.39 Å². The molecule has 0 amide bonds. The number of benzene rings is 2. The van der Waals surface area contributed by atoms with E-state index in [1.807, 2.05) is 13.0 Å². The van der Waals surface area contributed by atoms with Crippen molar-refractivity contribution in [3.8, 4) is 0 Å². The minimum absolute atomic E-state index is 0.111. The number of hydrogen-bond donors (Lipinski definition) is 1. The first-order valence-corrected chi connectivity index (χ1v) is 7.98. The Hall–Kier alpha value is -1.35. The number of hydrogen-bond acceptors (Lipinski definition) is 1. The van der Waals surface area contributed by atoms with E-state index in [1.54, 1.807) is 6.07 Å². The zero-order valence-corrected chi connectivity index (χ0v) is 14.1. The number of nitrogens with one attached hydrogen (secondary N) is 1. The standard InChI is InChI=1S/C18H19BrFN/c1-11-8-14(19)15(20)9-16(11)21-17-13-7-5-4-6-12(13)10-18(17,2)3/h4-9,17,21H,10H2,1-3H3. The van der Waals surface area contributed by atoms with Crippen molar-refractivity contribution in [2.45, 2.75) is 33.2 Å². The third-order valence-corrected chi connectivity index (χ3v) is 4.97. The maximum atomic E-state index is 13.8. The van der Waals surface area contributed by atoms with E-state index in [0.717, 1.165) is 17.7 Å². The van der Waals surface area contributed by atoms with E-state index in [2.05, 4.69) is 59.4 Å². The molecule has 110 valence electrons. The molecule has 1 unspecified atom stereocenters. The molecule has 2 aromatic rings. The van der Waals surface area contributed by atoms with Crippen LogP contribution in [0, 0.1) is 18.2 Å². The second-order valence-electron chi connectivity index (χ2n) is 6.52. The Morgan fingerprint density at radius 3 is 2.71 bits per heavy atom. The molecule has 2 aromatic carbocycles. The van der Waals surface area contributed by atoms with Gasteiger partial charge in [0, 0.05) is 5.69 Å². The second kappa shape index (κ2) is 5.13. The van der Waals surface area contributed by atoms with Crippen molar-refractivity contribution in [3.63, 3.8) is 0 Å². The highest BCUT2D eigenvalue weighted by Crippen LogP contribution is 2.47. The van der Waals surface area contributed by atoms with Gasteiger partial charge in [-0.3, -0.25) is 0 Å². The molecule has 0 fully saturated rings. The van der Waals surface area contributed by atoms with Gasteiger partial charge in [-0.25, -0.2) is 4.39 Å². The van der Waals surface area contributed by atoms with Crippen LogP contribution in [0.5, 0.6) is 0 Å². The molecule has 1 aliphatic rings. The Morgan fingerprint density at radius 1 is 1.24 bits per heavy atom. The van der Waals surface area contributed by atoms with Gasteiger partial charge in [0.25, 0.3) is 0 Å². The lowest BCUT2D eigenvalue weighted by atomic mass is 9.85. The summed E-state index contributed by atoms with van der Waals surface area (Å²) in [5.74, 6) is -0.229. The van der Waals surface area contributed by atoms with Crippen molar-refractivity contribution >= 4 is 21.6 Å². The molecular formula is C18H19BrFN. The normalized spacial score (nSPS) is 19.4. The summed E-state index contributed by atoms with van der Waals surface area (Å²) in [6, 6.07) is 12.1. The van der Waals surface area contributed by atoms with Crippen LogP contribution in [0.25, 0.3) is 0 Å². The Kier molecular flexibility index (Phi) is 3.56. The minimum atomic E-state index is -0.229. The Bertz CT molecular complexity index is 694. The number of halogens is 2. The lowest BCUT2D eigenvalue weighted by Gasteiger charge is -2.30. The summed E-state index contributed by atoms with van der Waals surface area (Å²) in [6.07, 6.45) is 1.04. The van der Waals surface area contributed by atoms with E-state index in [1.165, 1.54) is 11.1 Å². The summed E-state index contributed by atoms with van der Waals surface area (Å²) in [4.78, 5) is 0. The zero-order chi connectivity index (χ0) is 15.2. The molecule has 0 spiro atoms. The number of aryl methyl sites for hydroxylation is 1. The molecule has 0 saturated carbocycles. The predicted molar refractivity (Wildman–Crippen MR) is 89.1 cm³/mol. The van der Waals surface area contributed by atoms with Crippen molar-refractivity contribution in [1.82, 2.24) is 0 Å². The van der Waals surface area contributed by atoms with Crippen LogP contribution in [0.2, 0.25) is 0 Å². The Morgan fingerprint density at radius 2 is 1.95 bits per heavy atom. The van der Waals surface area contributed by atoms with Crippen molar-refractivity contribution in [2.75, 3.05) is 5.32 Å². The third-order valence-electron chi connectivity index (χ3n) is 4.36. The average Bonchev–Trinajstić information content (AvgIpc) is 2.67. The van der Waals surface area contributed by atoms with Crippen molar-refractivity contribution in [2.24, 2.45) is 5.41 Å². The fraction of sp³-hybridized carbons (Fsp3) is 0.333. The predicted octanol–water partition coefficient (Wildman–Crippen LogP) is 5.63. The second-order valence-corrected chi connectivity index (χ2v) is 7.38. The summed E-state index contributed by atoms with van der Waals surface area (Å²) in [5.41, 5.74) is 4.73. The minimum Gasteiger partial charge on any atom is -0.377 e. The first-order valence-electron chi connectivity index (χ1n) is 7.18. The summed E-state index contributed by atoms with van der Waals surface area (Å²) in [6.45, 7) is 6.52. The first kappa shape index (κ1) is 14.6. The summed E-state index contributed by atoms with van der Waals surface area (Å²) >= 11 is 3.24. The number of fused-ring (bicyclic) bond motifs is 1. The van der Waals surface area contributed by atoms with Crippen LogP contribution in [-0.4, -0.2) is 0 Å². The highest BCUT2D eigenvalue weighted by molar-refractivity contribution is 9.10. The molecule has 0 bridgehead atoms. The Labute approximate surface area is 133 Å². The van der Waals surface area contributed by atoms with Gasteiger partial charge in [-0.1, -0.05) is 38.1 Å². The van der Waals surface area contributed by atoms with E-state index >= 15 is 0 Å². The average molecular weight is 348 g/mol. The van der Waals surface area contributed by atoms with Gasteiger partial charge in [0.1, 0.15) is 5.82 Å². The molecule has 0 saturated heterocycles. The quantitative estimate of drug-likeness (QED) is 0.741. The third kappa shape index (κ3) is 2.59. The van der Waals surface area contributed by atoms with Crippen LogP contribution in [0.3, 0.4) is 0 Å². The van der Waals surface area contributed by atoms with E-state index in [4.69, 9.17) is 0 Å². The molecule has 1 nitrogen and oxygen atoms in total. The fourth-order valence-electron chi connectivity index (χ4n) is 3.22. The van der Waals surface area contributed by atoms with Crippen LogP contribution >= 0.6 is 15.9 Å². The van der Waals surface area contributed by atoms with Crippen molar-refractivity contribution in [1.29, 1.82) is 0 Å². The molecule has 0 heterocycles. The summed E-state index contributed by atoms with van der Waals surface area (Å²) < 4.78 is 14.3. The van der Waals surface area contributed by atoms with Gasteiger partial charge in [-0.15, -0.1) is 0 Å². The summed E-state index contributed by atoms with van der Waals surface area (Å²) in [5, 5.41) is 3.56. The zero-order valence-electron chi connectivity index (χ0n) is 12.5.